The van der Waals surface area contributed by atoms with Crippen molar-refractivity contribution in [1.29, 1.82) is 0 Å². The monoisotopic (exact) mass is 266 g/mol. The van der Waals surface area contributed by atoms with Crippen LogP contribution < -0.4 is 5.46 Å². The summed E-state index contributed by atoms with van der Waals surface area (Å²) >= 11 is 3.28. The molecule has 0 aliphatic heterocycles. The average molecular weight is 267 g/mol. The highest BCUT2D eigenvalue weighted by molar-refractivity contribution is 9.10. The highest BCUT2D eigenvalue weighted by Gasteiger charge is 2.17. The molecule has 0 saturated heterocycles. The van der Waals surface area contributed by atoms with Crippen LogP contribution in [0, 0.1) is 0 Å². The SMILES string of the molecule is OB(O)c1cc(Br)ccc1-n1ccnc1. The van der Waals surface area contributed by atoms with E-state index in [1.807, 2.05) is 6.07 Å². The van der Waals surface area contributed by atoms with E-state index in [1.54, 1.807) is 35.4 Å². The molecule has 1 aromatic heterocycles. The molecule has 0 amide bonds. The normalized spacial score (nSPS) is 10.3. The highest BCUT2D eigenvalue weighted by Crippen LogP contribution is 2.12. The number of nitrogens with zero attached hydrogens (tertiary/aromatic N) is 2. The first kappa shape index (κ1) is 10.4. The summed E-state index contributed by atoms with van der Waals surface area (Å²) in [5.74, 6) is 0. The summed E-state index contributed by atoms with van der Waals surface area (Å²) in [5.41, 5.74) is 1.13. The average Bonchev–Trinajstić information content (AvgIpc) is 2.70. The Kier molecular flexibility index (Phi) is 2.90. The summed E-state index contributed by atoms with van der Waals surface area (Å²) in [6, 6.07) is 5.29. The van der Waals surface area contributed by atoms with Gasteiger partial charge in [0.05, 0.1) is 6.33 Å². The summed E-state index contributed by atoms with van der Waals surface area (Å²) in [6.45, 7) is 0. The Bertz CT molecular complexity index is 459. The Labute approximate surface area is 95.5 Å². The number of rotatable bonds is 2. The van der Waals surface area contributed by atoms with Crippen LogP contribution in [0.3, 0.4) is 0 Å². The second-order valence-electron chi connectivity index (χ2n) is 3.05. The van der Waals surface area contributed by atoms with Gasteiger partial charge in [-0.1, -0.05) is 15.9 Å². The number of benzene rings is 1. The minimum atomic E-state index is -1.50. The Balaban J connectivity index is 2.56. The van der Waals surface area contributed by atoms with Gasteiger partial charge in [-0.3, -0.25) is 0 Å². The van der Waals surface area contributed by atoms with Gasteiger partial charge >= 0.3 is 7.12 Å². The second-order valence-corrected chi connectivity index (χ2v) is 3.96. The molecule has 15 heavy (non-hydrogen) atoms. The summed E-state index contributed by atoms with van der Waals surface area (Å²) in [7, 11) is -1.50. The molecule has 0 unspecified atom stereocenters. The van der Waals surface area contributed by atoms with Crippen molar-refractivity contribution in [2.45, 2.75) is 0 Å². The van der Waals surface area contributed by atoms with Gasteiger partial charge in [0.2, 0.25) is 0 Å². The minimum Gasteiger partial charge on any atom is -0.423 e. The fourth-order valence-corrected chi connectivity index (χ4v) is 1.75. The molecular formula is C9H8BBrN2O2. The van der Waals surface area contributed by atoms with Crippen LogP contribution in [0.4, 0.5) is 0 Å². The van der Waals surface area contributed by atoms with Crippen LogP contribution in [-0.4, -0.2) is 26.7 Å². The lowest BCUT2D eigenvalue weighted by Crippen LogP contribution is -2.33. The van der Waals surface area contributed by atoms with Crippen LogP contribution in [0.1, 0.15) is 0 Å². The quantitative estimate of drug-likeness (QED) is 0.770. The zero-order chi connectivity index (χ0) is 10.8. The Morgan fingerprint density at radius 3 is 2.73 bits per heavy atom. The summed E-state index contributed by atoms with van der Waals surface area (Å²) in [6.07, 6.45) is 4.99. The van der Waals surface area contributed by atoms with E-state index in [1.165, 1.54) is 0 Å². The number of aromatic nitrogens is 2. The summed E-state index contributed by atoms with van der Waals surface area (Å²) in [4.78, 5) is 3.91. The standard InChI is InChI=1S/C9H8BBrN2O2/c11-7-1-2-9(8(5-7)10(14)15)13-4-3-12-6-13/h1-6,14-15H. The van der Waals surface area contributed by atoms with E-state index in [2.05, 4.69) is 20.9 Å². The van der Waals surface area contributed by atoms with Crippen molar-refractivity contribution in [3.8, 4) is 5.69 Å². The third-order valence-corrected chi connectivity index (χ3v) is 2.54. The number of hydrogen-bond donors (Lipinski definition) is 2. The molecule has 76 valence electrons. The van der Waals surface area contributed by atoms with Crippen molar-refractivity contribution >= 4 is 28.5 Å². The zero-order valence-corrected chi connectivity index (χ0v) is 9.29. The molecule has 0 spiro atoms. The van der Waals surface area contributed by atoms with Crippen LogP contribution in [0.5, 0.6) is 0 Å². The molecule has 1 heterocycles. The van der Waals surface area contributed by atoms with Crippen LogP contribution in [0.2, 0.25) is 0 Å². The molecule has 0 bridgehead atoms. The van der Waals surface area contributed by atoms with Crippen LogP contribution in [0.15, 0.2) is 41.4 Å². The van der Waals surface area contributed by atoms with Crippen LogP contribution in [-0.2, 0) is 0 Å². The second kappa shape index (κ2) is 4.18. The molecule has 6 heteroatoms. The molecular weight excluding hydrogens is 259 g/mol. The van der Waals surface area contributed by atoms with Crippen molar-refractivity contribution in [3.63, 3.8) is 0 Å². The highest BCUT2D eigenvalue weighted by atomic mass is 79.9. The van der Waals surface area contributed by atoms with Gasteiger partial charge in [0.1, 0.15) is 0 Å². The lowest BCUT2D eigenvalue weighted by Gasteiger charge is -2.09. The van der Waals surface area contributed by atoms with Gasteiger partial charge in [-0.2, -0.15) is 0 Å². The number of halogens is 1. The molecule has 0 aliphatic rings. The maximum absolute atomic E-state index is 9.23. The van der Waals surface area contributed by atoms with Crippen LogP contribution in [0.25, 0.3) is 5.69 Å². The minimum absolute atomic E-state index is 0.433. The first-order valence-corrected chi connectivity index (χ1v) is 5.11. The van der Waals surface area contributed by atoms with Crippen molar-refractivity contribution in [3.05, 3.63) is 41.4 Å². The van der Waals surface area contributed by atoms with Gasteiger partial charge in [0.25, 0.3) is 0 Å². The fraction of sp³-hybridized carbons (Fsp3) is 0. The van der Waals surface area contributed by atoms with Gasteiger partial charge in [-0.15, -0.1) is 0 Å². The van der Waals surface area contributed by atoms with Gasteiger partial charge < -0.3 is 14.6 Å². The Morgan fingerprint density at radius 2 is 2.13 bits per heavy atom. The molecule has 2 N–H and O–H groups in total. The Hall–Kier alpha value is -1.11. The topological polar surface area (TPSA) is 58.3 Å². The molecule has 0 fully saturated rings. The number of imidazole rings is 1. The largest absolute Gasteiger partial charge is 0.490 e. The molecule has 0 radical (unpaired) electrons. The van der Waals surface area contributed by atoms with E-state index in [4.69, 9.17) is 0 Å². The van der Waals surface area contributed by atoms with Gasteiger partial charge in [-0.05, 0) is 18.2 Å². The van der Waals surface area contributed by atoms with Crippen molar-refractivity contribution in [1.82, 2.24) is 9.55 Å². The number of hydrogen-bond acceptors (Lipinski definition) is 3. The molecule has 2 rings (SSSR count). The summed E-state index contributed by atoms with van der Waals surface area (Å²) in [5, 5.41) is 18.5. The maximum atomic E-state index is 9.23. The first-order chi connectivity index (χ1) is 7.18. The van der Waals surface area contributed by atoms with Gasteiger partial charge in [-0.25, -0.2) is 4.98 Å². The maximum Gasteiger partial charge on any atom is 0.490 e. The van der Waals surface area contributed by atoms with E-state index < -0.39 is 7.12 Å². The van der Waals surface area contributed by atoms with E-state index in [-0.39, 0.29) is 0 Å². The van der Waals surface area contributed by atoms with Gasteiger partial charge in [0, 0.05) is 28.0 Å². The zero-order valence-electron chi connectivity index (χ0n) is 7.71. The van der Waals surface area contributed by atoms with Crippen molar-refractivity contribution in [2.24, 2.45) is 0 Å². The van der Waals surface area contributed by atoms with Crippen molar-refractivity contribution < 1.29 is 10.0 Å². The third kappa shape index (κ3) is 2.12. The molecule has 0 saturated carbocycles. The molecule has 1 aromatic carbocycles. The predicted octanol–water partition coefficient (Wildman–Crippen LogP) is 0.315. The molecule has 2 aromatic rings. The summed E-state index contributed by atoms with van der Waals surface area (Å²) < 4.78 is 2.52. The van der Waals surface area contributed by atoms with E-state index in [0.29, 0.717) is 11.2 Å². The molecule has 4 nitrogen and oxygen atoms in total. The lowest BCUT2D eigenvalue weighted by atomic mass is 9.79. The van der Waals surface area contributed by atoms with E-state index >= 15 is 0 Å². The molecule has 0 aliphatic carbocycles. The fourth-order valence-electron chi connectivity index (χ4n) is 1.37. The molecule has 0 atom stereocenters. The predicted molar refractivity (Wildman–Crippen MR) is 61.1 cm³/mol. The van der Waals surface area contributed by atoms with Crippen LogP contribution >= 0.6 is 15.9 Å². The first-order valence-electron chi connectivity index (χ1n) is 4.32. The third-order valence-electron chi connectivity index (χ3n) is 2.05. The van der Waals surface area contributed by atoms with Crippen molar-refractivity contribution in [2.75, 3.05) is 0 Å². The van der Waals surface area contributed by atoms with E-state index in [0.717, 1.165) is 4.47 Å². The van der Waals surface area contributed by atoms with Gasteiger partial charge in [0.15, 0.2) is 0 Å². The van der Waals surface area contributed by atoms with E-state index in [9.17, 15) is 10.0 Å². The lowest BCUT2D eigenvalue weighted by molar-refractivity contribution is 0.425. The Morgan fingerprint density at radius 1 is 1.33 bits per heavy atom. The smallest absolute Gasteiger partial charge is 0.423 e.